The summed E-state index contributed by atoms with van der Waals surface area (Å²) in [6, 6.07) is 6.90. The van der Waals surface area contributed by atoms with Gasteiger partial charge >= 0.3 is 0 Å². The third-order valence-electron chi connectivity index (χ3n) is 4.87. The molecule has 0 bridgehead atoms. The van der Waals surface area contributed by atoms with Gasteiger partial charge in [-0.25, -0.2) is 0 Å². The zero-order valence-corrected chi connectivity index (χ0v) is 13.4. The van der Waals surface area contributed by atoms with Crippen molar-refractivity contribution in [1.29, 1.82) is 0 Å². The van der Waals surface area contributed by atoms with E-state index in [0.29, 0.717) is 24.7 Å². The maximum Gasteiger partial charge on any atom is 0.161 e. The summed E-state index contributed by atoms with van der Waals surface area (Å²) in [5, 5.41) is 3.74. The highest BCUT2D eigenvalue weighted by Crippen LogP contribution is 2.38. The van der Waals surface area contributed by atoms with E-state index in [1.807, 2.05) is 6.07 Å². The molecule has 2 atom stereocenters. The standard InChI is InChI=1S/C18H27NO2/c1-13-11-18(2,3)7-6-15(13)19-12-14-4-5-16-17(10-14)21-9-8-20-16/h4-5,10,13,15,19H,6-9,11-12H2,1-3H3. The van der Waals surface area contributed by atoms with Crippen LogP contribution < -0.4 is 14.8 Å². The first-order valence-corrected chi connectivity index (χ1v) is 8.15. The van der Waals surface area contributed by atoms with Gasteiger partial charge in [-0.1, -0.05) is 26.8 Å². The first-order chi connectivity index (χ1) is 10.0. The summed E-state index contributed by atoms with van der Waals surface area (Å²) >= 11 is 0. The summed E-state index contributed by atoms with van der Waals surface area (Å²) in [4.78, 5) is 0. The van der Waals surface area contributed by atoms with Crippen molar-refractivity contribution in [2.45, 2.75) is 52.6 Å². The minimum atomic E-state index is 0.509. The highest BCUT2D eigenvalue weighted by Gasteiger charge is 2.31. The molecule has 1 saturated carbocycles. The third-order valence-corrected chi connectivity index (χ3v) is 4.87. The molecule has 2 aliphatic rings. The zero-order chi connectivity index (χ0) is 14.9. The van der Waals surface area contributed by atoms with Crippen LogP contribution >= 0.6 is 0 Å². The Hall–Kier alpha value is -1.22. The van der Waals surface area contributed by atoms with E-state index in [0.717, 1.165) is 24.0 Å². The van der Waals surface area contributed by atoms with E-state index in [9.17, 15) is 0 Å². The summed E-state index contributed by atoms with van der Waals surface area (Å²) < 4.78 is 11.2. The lowest BCUT2D eigenvalue weighted by Gasteiger charge is -2.39. The van der Waals surface area contributed by atoms with Crippen molar-refractivity contribution in [3.63, 3.8) is 0 Å². The average Bonchev–Trinajstić information content (AvgIpc) is 2.45. The van der Waals surface area contributed by atoms with Crippen LogP contribution in [0.2, 0.25) is 0 Å². The Morgan fingerprint density at radius 1 is 1.19 bits per heavy atom. The Balaban J connectivity index is 1.58. The maximum atomic E-state index is 5.65. The second-order valence-electron chi connectivity index (χ2n) is 7.35. The Bertz CT molecular complexity index is 498. The van der Waals surface area contributed by atoms with Gasteiger partial charge in [0, 0.05) is 12.6 Å². The van der Waals surface area contributed by atoms with Gasteiger partial charge in [0.2, 0.25) is 0 Å². The molecule has 0 aromatic heterocycles. The fourth-order valence-corrected chi connectivity index (χ4v) is 3.70. The second-order valence-corrected chi connectivity index (χ2v) is 7.35. The van der Waals surface area contributed by atoms with E-state index in [1.165, 1.54) is 24.8 Å². The van der Waals surface area contributed by atoms with Crippen molar-refractivity contribution < 1.29 is 9.47 Å². The van der Waals surface area contributed by atoms with Crippen molar-refractivity contribution in [1.82, 2.24) is 5.32 Å². The molecule has 1 aromatic carbocycles. The van der Waals surface area contributed by atoms with Crippen molar-refractivity contribution >= 4 is 0 Å². The van der Waals surface area contributed by atoms with Crippen LogP contribution in [-0.2, 0) is 6.54 Å². The van der Waals surface area contributed by atoms with Crippen LogP contribution in [0.5, 0.6) is 11.5 Å². The molecule has 3 rings (SSSR count). The van der Waals surface area contributed by atoms with Gasteiger partial charge in [0.1, 0.15) is 13.2 Å². The first-order valence-electron chi connectivity index (χ1n) is 8.15. The van der Waals surface area contributed by atoms with Crippen LogP contribution in [0, 0.1) is 11.3 Å². The summed E-state index contributed by atoms with van der Waals surface area (Å²) in [5.74, 6) is 2.50. The molecule has 1 N–H and O–H groups in total. The second kappa shape index (κ2) is 5.88. The molecule has 1 aliphatic heterocycles. The smallest absolute Gasteiger partial charge is 0.161 e. The summed E-state index contributed by atoms with van der Waals surface area (Å²) in [5.41, 5.74) is 1.78. The Morgan fingerprint density at radius 2 is 1.95 bits per heavy atom. The van der Waals surface area contributed by atoms with Crippen molar-refractivity contribution in [2.75, 3.05) is 13.2 Å². The molecule has 21 heavy (non-hydrogen) atoms. The molecule has 2 unspecified atom stereocenters. The fourth-order valence-electron chi connectivity index (χ4n) is 3.70. The lowest BCUT2D eigenvalue weighted by Crippen LogP contribution is -2.41. The molecule has 0 saturated heterocycles. The van der Waals surface area contributed by atoms with Crippen LogP contribution in [0.3, 0.4) is 0 Å². The lowest BCUT2D eigenvalue weighted by molar-refractivity contribution is 0.148. The number of ether oxygens (including phenoxy) is 2. The number of rotatable bonds is 3. The zero-order valence-electron chi connectivity index (χ0n) is 13.4. The van der Waals surface area contributed by atoms with Gasteiger partial charge in [0.15, 0.2) is 11.5 Å². The molecule has 1 heterocycles. The number of benzene rings is 1. The predicted molar refractivity (Wildman–Crippen MR) is 84.9 cm³/mol. The number of nitrogens with one attached hydrogen (secondary N) is 1. The SMILES string of the molecule is CC1CC(C)(C)CCC1NCc1ccc2c(c1)OCCO2. The monoisotopic (exact) mass is 289 g/mol. The van der Waals surface area contributed by atoms with E-state index in [2.05, 4.69) is 38.2 Å². The van der Waals surface area contributed by atoms with Gasteiger partial charge in [0.25, 0.3) is 0 Å². The van der Waals surface area contributed by atoms with Crippen molar-refractivity contribution in [3.8, 4) is 11.5 Å². The highest BCUT2D eigenvalue weighted by atomic mass is 16.6. The van der Waals surface area contributed by atoms with E-state index in [-0.39, 0.29) is 0 Å². The summed E-state index contributed by atoms with van der Waals surface area (Å²) in [6.45, 7) is 9.37. The molecule has 3 heteroatoms. The van der Waals surface area contributed by atoms with Crippen molar-refractivity contribution in [2.24, 2.45) is 11.3 Å². The molecule has 0 amide bonds. The number of hydrogen-bond donors (Lipinski definition) is 1. The lowest BCUT2D eigenvalue weighted by atomic mass is 9.70. The molecule has 116 valence electrons. The maximum absolute atomic E-state index is 5.65. The van der Waals surface area contributed by atoms with Crippen molar-refractivity contribution in [3.05, 3.63) is 23.8 Å². The molecule has 1 fully saturated rings. The Labute approximate surface area is 128 Å². The van der Waals surface area contributed by atoms with Gasteiger partial charge in [-0.15, -0.1) is 0 Å². The van der Waals surface area contributed by atoms with Crippen LogP contribution in [0.15, 0.2) is 18.2 Å². The van der Waals surface area contributed by atoms with E-state index >= 15 is 0 Å². The van der Waals surface area contributed by atoms with Gasteiger partial charge in [-0.05, 0) is 48.3 Å². The van der Waals surface area contributed by atoms with E-state index in [1.54, 1.807) is 0 Å². The molecule has 0 radical (unpaired) electrons. The minimum absolute atomic E-state index is 0.509. The summed E-state index contributed by atoms with van der Waals surface area (Å²) in [6.07, 6.45) is 3.90. The average molecular weight is 289 g/mol. The summed E-state index contributed by atoms with van der Waals surface area (Å²) in [7, 11) is 0. The number of hydrogen-bond acceptors (Lipinski definition) is 3. The third kappa shape index (κ3) is 3.52. The Kier molecular flexibility index (Phi) is 4.12. The molecular formula is C18H27NO2. The Morgan fingerprint density at radius 3 is 2.71 bits per heavy atom. The topological polar surface area (TPSA) is 30.5 Å². The van der Waals surface area contributed by atoms with Crippen LogP contribution in [0.1, 0.15) is 45.6 Å². The fraction of sp³-hybridized carbons (Fsp3) is 0.667. The van der Waals surface area contributed by atoms with Gasteiger partial charge in [-0.3, -0.25) is 0 Å². The molecule has 0 spiro atoms. The van der Waals surface area contributed by atoms with Crippen LogP contribution in [0.25, 0.3) is 0 Å². The predicted octanol–water partition coefficient (Wildman–Crippen LogP) is 3.76. The van der Waals surface area contributed by atoms with Gasteiger partial charge < -0.3 is 14.8 Å². The minimum Gasteiger partial charge on any atom is -0.486 e. The first kappa shape index (κ1) is 14.7. The van der Waals surface area contributed by atoms with Crippen LogP contribution in [-0.4, -0.2) is 19.3 Å². The molecule has 1 aromatic rings. The quantitative estimate of drug-likeness (QED) is 0.919. The molecular weight excluding hydrogens is 262 g/mol. The van der Waals surface area contributed by atoms with Gasteiger partial charge in [0.05, 0.1) is 0 Å². The largest absolute Gasteiger partial charge is 0.486 e. The van der Waals surface area contributed by atoms with Crippen LogP contribution in [0.4, 0.5) is 0 Å². The number of fused-ring (bicyclic) bond motifs is 1. The normalized spacial score (nSPS) is 27.4. The van der Waals surface area contributed by atoms with Gasteiger partial charge in [-0.2, -0.15) is 0 Å². The molecule has 1 aliphatic carbocycles. The van der Waals surface area contributed by atoms with E-state index < -0.39 is 0 Å². The molecule has 3 nitrogen and oxygen atoms in total. The highest BCUT2D eigenvalue weighted by molar-refractivity contribution is 5.43. The van der Waals surface area contributed by atoms with E-state index in [4.69, 9.17) is 9.47 Å².